The monoisotopic (exact) mass is 206 g/mol. The molecule has 1 unspecified atom stereocenters. The van der Waals surface area contributed by atoms with E-state index in [9.17, 15) is 13.2 Å². The van der Waals surface area contributed by atoms with Gasteiger partial charge < -0.3 is 10.2 Å². The van der Waals surface area contributed by atoms with E-state index in [1.54, 1.807) is 6.92 Å². The maximum absolute atomic E-state index is 12.0. The molecular weight excluding hydrogens is 197 g/mol. The highest BCUT2D eigenvalue weighted by atomic mass is 19.4. The lowest BCUT2D eigenvalue weighted by molar-refractivity contribution is -0.206. The quantitative estimate of drug-likeness (QED) is 0.740. The topological polar surface area (TPSA) is 40.5 Å². The normalized spacial score (nSPS) is 14.1. The summed E-state index contributed by atoms with van der Waals surface area (Å²) >= 11 is 0. The third-order valence-corrected chi connectivity index (χ3v) is 1.86. The molecule has 0 spiro atoms. The molecule has 78 valence electrons. The highest BCUT2D eigenvalue weighted by Crippen LogP contribution is 2.34. The number of phenols is 1. The molecule has 1 atom stereocenters. The van der Waals surface area contributed by atoms with Crippen molar-refractivity contribution < 1.29 is 23.4 Å². The van der Waals surface area contributed by atoms with Gasteiger partial charge in [-0.2, -0.15) is 13.2 Å². The highest BCUT2D eigenvalue weighted by molar-refractivity contribution is 5.36. The highest BCUT2D eigenvalue weighted by Gasteiger charge is 2.39. The zero-order chi connectivity index (χ0) is 10.9. The second-order valence-electron chi connectivity index (χ2n) is 2.99. The summed E-state index contributed by atoms with van der Waals surface area (Å²) < 4.78 is 36.1. The zero-order valence-corrected chi connectivity index (χ0v) is 7.34. The van der Waals surface area contributed by atoms with Gasteiger partial charge in [0.25, 0.3) is 0 Å². The van der Waals surface area contributed by atoms with E-state index in [0.717, 1.165) is 12.1 Å². The van der Waals surface area contributed by atoms with E-state index in [0.29, 0.717) is 5.56 Å². The first-order chi connectivity index (χ1) is 6.32. The molecule has 2 nitrogen and oxygen atoms in total. The number of phenolic OH excluding ortho intramolecular Hbond substituents is 1. The minimum absolute atomic E-state index is 0.259. The van der Waals surface area contributed by atoms with E-state index >= 15 is 0 Å². The first-order valence-electron chi connectivity index (χ1n) is 3.86. The van der Waals surface area contributed by atoms with Gasteiger partial charge in [-0.15, -0.1) is 0 Å². The Morgan fingerprint density at radius 3 is 2.29 bits per heavy atom. The lowest BCUT2D eigenvalue weighted by atomic mass is 10.1. The summed E-state index contributed by atoms with van der Waals surface area (Å²) in [4.78, 5) is 0. The number of aromatic hydroxyl groups is 1. The van der Waals surface area contributed by atoms with Crippen molar-refractivity contribution in [1.29, 1.82) is 0 Å². The van der Waals surface area contributed by atoms with E-state index in [4.69, 9.17) is 10.2 Å². The van der Waals surface area contributed by atoms with Crippen LogP contribution in [0.25, 0.3) is 0 Å². The molecule has 2 N–H and O–H groups in total. The molecule has 1 rings (SSSR count). The van der Waals surface area contributed by atoms with Crippen LogP contribution in [-0.2, 0) is 0 Å². The molecule has 0 aliphatic rings. The minimum atomic E-state index is -4.71. The zero-order valence-electron chi connectivity index (χ0n) is 7.34. The Morgan fingerprint density at radius 1 is 1.29 bits per heavy atom. The van der Waals surface area contributed by atoms with Gasteiger partial charge in [0.1, 0.15) is 5.75 Å². The standard InChI is InChI=1S/C9H9F3O2/c1-5-2-3-6(4-7(5)13)8(14)9(10,11)12/h2-4,8,13-14H,1H3. The molecule has 0 aromatic heterocycles. The average molecular weight is 206 g/mol. The molecule has 14 heavy (non-hydrogen) atoms. The van der Waals surface area contributed by atoms with E-state index in [1.807, 2.05) is 0 Å². The molecule has 0 bridgehead atoms. The lowest BCUT2D eigenvalue weighted by Crippen LogP contribution is -2.20. The second-order valence-corrected chi connectivity index (χ2v) is 2.99. The van der Waals surface area contributed by atoms with Crippen LogP contribution >= 0.6 is 0 Å². The summed E-state index contributed by atoms with van der Waals surface area (Å²) in [5.41, 5.74) is 0.101. The molecule has 5 heteroatoms. The summed E-state index contributed by atoms with van der Waals surface area (Å²) in [6, 6.07) is 3.36. The number of rotatable bonds is 1. The number of aryl methyl sites for hydroxylation is 1. The van der Waals surface area contributed by atoms with Crippen molar-refractivity contribution in [3.05, 3.63) is 29.3 Å². The van der Waals surface area contributed by atoms with Crippen LogP contribution < -0.4 is 0 Å². The molecule has 0 radical (unpaired) electrons. The first kappa shape index (κ1) is 10.8. The fourth-order valence-corrected chi connectivity index (χ4v) is 0.985. The Kier molecular flexibility index (Phi) is 2.71. The summed E-state index contributed by atoms with van der Waals surface area (Å²) in [5.74, 6) is -0.259. The van der Waals surface area contributed by atoms with Crippen molar-refractivity contribution in [3.8, 4) is 5.75 Å². The second kappa shape index (κ2) is 3.49. The van der Waals surface area contributed by atoms with Gasteiger partial charge in [-0.05, 0) is 24.1 Å². The molecule has 0 aliphatic heterocycles. The predicted octanol–water partition coefficient (Wildman–Crippen LogP) is 2.30. The summed E-state index contributed by atoms with van der Waals surface area (Å²) in [7, 11) is 0. The number of alkyl halides is 3. The molecule has 1 aromatic rings. The number of aliphatic hydroxyl groups is 1. The Hall–Kier alpha value is -1.23. The molecule has 0 saturated carbocycles. The van der Waals surface area contributed by atoms with Gasteiger partial charge in [-0.3, -0.25) is 0 Å². The predicted molar refractivity (Wildman–Crippen MR) is 43.9 cm³/mol. The molecular formula is C9H9F3O2. The van der Waals surface area contributed by atoms with Crippen molar-refractivity contribution in [2.45, 2.75) is 19.2 Å². The van der Waals surface area contributed by atoms with Crippen molar-refractivity contribution in [1.82, 2.24) is 0 Å². The van der Waals surface area contributed by atoms with Crippen LogP contribution in [0.4, 0.5) is 13.2 Å². The molecule has 0 amide bonds. The Labute approximate surface area is 78.6 Å². The number of benzene rings is 1. The third kappa shape index (κ3) is 2.17. The molecule has 0 heterocycles. The van der Waals surface area contributed by atoms with Crippen LogP contribution in [0, 0.1) is 6.92 Å². The summed E-state index contributed by atoms with van der Waals surface area (Å²) in [6.45, 7) is 1.55. The largest absolute Gasteiger partial charge is 0.508 e. The van der Waals surface area contributed by atoms with Crippen molar-refractivity contribution in [2.24, 2.45) is 0 Å². The minimum Gasteiger partial charge on any atom is -0.508 e. The Bertz CT molecular complexity index is 333. The fraction of sp³-hybridized carbons (Fsp3) is 0.333. The SMILES string of the molecule is Cc1ccc(C(O)C(F)(F)F)cc1O. The van der Waals surface area contributed by atoms with Gasteiger partial charge in [0.15, 0.2) is 6.10 Å². The number of aliphatic hydroxyl groups excluding tert-OH is 1. The van der Waals surface area contributed by atoms with Gasteiger partial charge in [-0.1, -0.05) is 12.1 Å². The summed E-state index contributed by atoms with van der Waals surface area (Å²) in [6.07, 6.45) is -7.25. The van der Waals surface area contributed by atoms with Crippen LogP contribution in [0.3, 0.4) is 0 Å². The fourth-order valence-electron chi connectivity index (χ4n) is 0.985. The third-order valence-electron chi connectivity index (χ3n) is 1.86. The number of hydrogen-bond donors (Lipinski definition) is 2. The van der Waals surface area contributed by atoms with Crippen LogP contribution in [0.5, 0.6) is 5.75 Å². The maximum atomic E-state index is 12.0. The van der Waals surface area contributed by atoms with Gasteiger partial charge >= 0.3 is 6.18 Å². The van der Waals surface area contributed by atoms with Crippen LogP contribution in [0.2, 0.25) is 0 Å². The van der Waals surface area contributed by atoms with Crippen LogP contribution in [0.15, 0.2) is 18.2 Å². The number of halogens is 3. The van der Waals surface area contributed by atoms with Gasteiger partial charge in [0.2, 0.25) is 0 Å². The van der Waals surface area contributed by atoms with Crippen LogP contribution in [0.1, 0.15) is 17.2 Å². The Morgan fingerprint density at radius 2 is 1.86 bits per heavy atom. The van der Waals surface area contributed by atoms with Crippen molar-refractivity contribution >= 4 is 0 Å². The first-order valence-corrected chi connectivity index (χ1v) is 3.86. The van der Waals surface area contributed by atoms with Crippen molar-refractivity contribution in [2.75, 3.05) is 0 Å². The number of hydrogen-bond acceptors (Lipinski definition) is 2. The molecule has 0 saturated heterocycles. The van der Waals surface area contributed by atoms with E-state index in [-0.39, 0.29) is 11.3 Å². The Balaban J connectivity index is 3.03. The average Bonchev–Trinajstić information content (AvgIpc) is 2.07. The molecule has 1 aromatic carbocycles. The van der Waals surface area contributed by atoms with Gasteiger partial charge in [0.05, 0.1) is 0 Å². The van der Waals surface area contributed by atoms with E-state index in [1.165, 1.54) is 6.07 Å². The lowest BCUT2D eigenvalue weighted by Gasteiger charge is -2.15. The smallest absolute Gasteiger partial charge is 0.418 e. The van der Waals surface area contributed by atoms with Crippen molar-refractivity contribution in [3.63, 3.8) is 0 Å². The van der Waals surface area contributed by atoms with Gasteiger partial charge in [-0.25, -0.2) is 0 Å². The van der Waals surface area contributed by atoms with E-state index in [2.05, 4.69) is 0 Å². The molecule has 0 fully saturated rings. The van der Waals surface area contributed by atoms with Crippen LogP contribution in [-0.4, -0.2) is 16.4 Å². The summed E-state index contributed by atoms with van der Waals surface area (Å²) in [5, 5.41) is 18.0. The maximum Gasteiger partial charge on any atom is 0.418 e. The van der Waals surface area contributed by atoms with Gasteiger partial charge in [0, 0.05) is 0 Å². The van der Waals surface area contributed by atoms with E-state index < -0.39 is 12.3 Å². The molecule has 0 aliphatic carbocycles.